The summed E-state index contributed by atoms with van der Waals surface area (Å²) in [5, 5.41) is 2.76. The van der Waals surface area contributed by atoms with Crippen molar-refractivity contribution in [2.45, 2.75) is 19.3 Å². The zero-order chi connectivity index (χ0) is 9.52. The van der Waals surface area contributed by atoms with E-state index in [0.29, 0.717) is 0 Å². The SMILES string of the molecule is O=C(CCl)NCCCN1CCCC1. The zero-order valence-electron chi connectivity index (χ0n) is 7.89. The van der Waals surface area contributed by atoms with E-state index in [-0.39, 0.29) is 11.8 Å². The van der Waals surface area contributed by atoms with Gasteiger partial charge in [0.1, 0.15) is 5.88 Å². The van der Waals surface area contributed by atoms with Crippen LogP contribution in [0.3, 0.4) is 0 Å². The first kappa shape index (κ1) is 10.8. The first-order chi connectivity index (χ1) is 6.33. The molecule has 1 heterocycles. The summed E-state index contributed by atoms with van der Waals surface area (Å²) in [6.45, 7) is 4.30. The fourth-order valence-corrected chi connectivity index (χ4v) is 1.68. The van der Waals surface area contributed by atoms with E-state index >= 15 is 0 Å². The van der Waals surface area contributed by atoms with Crippen molar-refractivity contribution < 1.29 is 4.79 Å². The minimum absolute atomic E-state index is 0.0666. The lowest BCUT2D eigenvalue weighted by Crippen LogP contribution is -2.29. The Kier molecular flexibility index (Phi) is 5.16. The van der Waals surface area contributed by atoms with Crippen LogP contribution in [0.25, 0.3) is 0 Å². The second kappa shape index (κ2) is 6.22. The molecular weight excluding hydrogens is 188 g/mol. The number of alkyl halides is 1. The van der Waals surface area contributed by atoms with Crippen LogP contribution < -0.4 is 5.32 Å². The van der Waals surface area contributed by atoms with Gasteiger partial charge in [0.15, 0.2) is 0 Å². The molecule has 0 spiro atoms. The summed E-state index contributed by atoms with van der Waals surface area (Å²) in [6, 6.07) is 0. The maximum Gasteiger partial charge on any atom is 0.234 e. The Morgan fingerprint density at radius 3 is 2.69 bits per heavy atom. The highest BCUT2D eigenvalue weighted by atomic mass is 35.5. The molecule has 0 aliphatic carbocycles. The van der Waals surface area contributed by atoms with Gasteiger partial charge < -0.3 is 10.2 Å². The summed E-state index contributed by atoms with van der Waals surface area (Å²) in [6.07, 6.45) is 3.69. The Labute approximate surface area is 84.4 Å². The van der Waals surface area contributed by atoms with Gasteiger partial charge in [0.25, 0.3) is 0 Å². The molecule has 0 saturated carbocycles. The van der Waals surface area contributed by atoms with E-state index in [4.69, 9.17) is 11.6 Å². The highest BCUT2D eigenvalue weighted by Crippen LogP contribution is 2.06. The maximum absolute atomic E-state index is 10.8. The summed E-state index contributed by atoms with van der Waals surface area (Å²) in [5.41, 5.74) is 0. The van der Waals surface area contributed by atoms with Crippen molar-refractivity contribution in [3.8, 4) is 0 Å². The Morgan fingerprint density at radius 1 is 1.38 bits per heavy atom. The van der Waals surface area contributed by atoms with Gasteiger partial charge >= 0.3 is 0 Å². The molecule has 13 heavy (non-hydrogen) atoms. The van der Waals surface area contributed by atoms with Crippen molar-refractivity contribution in [1.82, 2.24) is 10.2 Å². The van der Waals surface area contributed by atoms with E-state index in [1.165, 1.54) is 25.9 Å². The predicted octanol–water partition coefficient (Wildman–Crippen LogP) is 0.827. The van der Waals surface area contributed by atoms with Gasteiger partial charge in [-0.25, -0.2) is 0 Å². The summed E-state index contributed by atoms with van der Waals surface area (Å²) in [5.74, 6) is 0.00654. The molecule has 1 N–H and O–H groups in total. The fourth-order valence-electron chi connectivity index (χ4n) is 1.58. The normalized spacial score (nSPS) is 17.6. The van der Waals surface area contributed by atoms with E-state index in [1.807, 2.05) is 0 Å². The quantitative estimate of drug-likeness (QED) is 0.532. The van der Waals surface area contributed by atoms with E-state index in [0.717, 1.165) is 19.5 Å². The minimum Gasteiger partial charge on any atom is -0.355 e. The molecule has 1 aliphatic rings. The molecule has 1 amide bonds. The lowest BCUT2D eigenvalue weighted by atomic mass is 10.4. The molecular formula is C9H17ClN2O. The van der Waals surface area contributed by atoms with Gasteiger partial charge in [0, 0.05) is 6.54 Å². The third-order valence-corrected chi connectivity index (χ3v) is 2.54. The van der Waals surface area contributed by atoms with Crippen molar-refractivity contribution in [1.29, 1.82) is 0 Å². The number of carbonyl (C=O) groups excluding carboxylic acids is 1. The number of likely N-dealkylation sites (tertiary alicyclic amines) is 1. The van der Waals surface area contributed by atoms with E-state index in [1.54, 1.807) is 0 Å². The molecule has 0 aromatic heterocycles. The Balaban J connectivity index is 1.91. The van der Waals surface area contributed by atoms with Gasteiger partial charge in [-0.05, 0) is 38.9 Å². The van der Waals surface area contributed by atoms with Crippen LogP contribution in [0.15, 0.2) is 0 Å². The predicted molar refractivity (Wildman–Crippen MR) is 54.0 cm³/mol. The van der Waals surface area contributed by atoms with E-state index in [9.17, 15) is 4.79 Å². The van der Waals surface area contributed by atoms with Crippen molar-refractivity contribution in [2.24, 2.45) is 0 Å². The topological polar surface area (TPSA) is 32.3 Å². The molecule has 4 heteroatoms. The summed E-state index contributed by atoms with van der Waals surface area (Å²) >= 11 is 5.34. The molecule has 0 bridgehead atoms. The van der Waals surface area contributed by atoms with Crippen LogP contribution in [-0.2, 0) is 4.79 Å². The second-order valence-corrected chi connectivity index (χ2v) is 3.65. The zero-order valence-corrected chi connectivity index (χ0v) is 8.65. The first-order valence-corrected chi connectivity index (χ1v) is 5.41. The van der Waals surface area contributed by atoms with Gasteiger partial charge in [-0.15, -0.1) is 11.6 Å². The third-order valence-electron chi connectivity index (χ3n) is 2.29. The second-order valence-electron chi connectivity index (χ2n) is 3.39. The molecule has 0 unspecified atom stereocenters. The highest BCUT2D eigenvalue weighted by molar-refractivity contribution is 6.27. The number of nitrogens with one attached hydrogen (secondary N) is 1. The molecule has 0 atom stereocenters. The molecule has 0 aromatic rings. The summed E-state index contributed by atoms with van der Waals surface area (Å²) in [4.78, 5) is 13.2. The van der Waals surface area contributed by atoms with Gasteiger partial charge in [-0.3, -0.25) is 4.79 Å². The van der Waals surface area contributed by atoms with E-state index < -0.39 is 0 Å². The molecule has 0 aromatic carbocycles. The number of halogens is 1. The maximum atomic E-state index is 10.8. The van der Waals surface area contributed by atoms with Crippen molar-refractivity contribution in [3.05, 3.63) is 0 Å². The third kappa shape index (κ3) is 4.48. The van der Waals surface area contributed by atoms with Crippen LogP contribution in [0.5, 0.6) is 0 Å². The number of hydrogen-bond donors (Lipinski definition) is 1. The highest BCUT2D eigenvalue weighted by Gasteiger charge is 2.10. The Hall–Kier alpha value is -0.280. The average molecular weight is 205 g/mol. The Bertz CT molecular complexity index is 158. The minimum atomic E-state index is -0.0666. The molecule has 1 rings (SSSR count). The van der Waals surface area contributed by atoms with E-state index in [2.05, 4.69) is 10.2 Å². The fraction of sp³-hybridized carbons (Fsp3) is 0.889. The number of carbonyl (C=O) groups is 1. The van der Waals surface area contributed by atoms with Crippen LogP contribution in [0.1, 0.15) is 19.3 Å². The van der Waals surface area contributed by atoms with Crippen molar-refractivity contribution in [3.63, 3.8) is 0 Å². The van der Waals surface area contributed by atoms with Crippen molar-refractivity contribution in [2.75, 3.05) is 32.1 Å². The average Bonchev–Trinajstić information content (AvgIpc) is 2.64. The smallest absolute Gasteiger partial charge is 0.234 e. The van der Waals surface area contributed by atoms with Crippen LogP contribution in [0.2, 0.25) is 0 Å². The van der Waals surface area contributed by atoms with Crippen LogP contribution in [0, 0.1) is 0 Å². The van der Waals surface area contributed by atoms with Crippen LogP contribution in [0.4, 0.5) is 0 Å². The largest absolute Gasteiger partial charge is 0.355 e. The summed E-state index contributed by atoms with van der Waals surface area (Å²) < 4.78 is 0. The van der Waals surface area contributed by atoms with Gasteiger partial charge in [0.05, 0.1) is 0 Å². The molecule has 0 radical (unpaired) electrons. The lowest BCUT2D eigenvalue weighted by molar-refractivity contribution is -0.118. The standard InChI is InChI=1S/C9H17ClN2O/c10-8-9(13)11-4-3-7-12-5-1-2-6-12/h1-8H2,(H,11,13). The van der Waals surface area contributed by atoms with Gasteiger partial charge in [0.2, 0.25) is 5.91 Å². The number of hydrogen-bond acceptors (Lipinski definition) is 2. The number of nitrogens with zero attached hydrogens (tertiary/aromatic N) is 1. The van der Waals surface area contributed by atoms with Gasteiger partial charge in [-0.1, -0.05) is 0 Å². The molecule has 3 nitrogen and oxygen atoms in total. The molecule has 1 fully saturated rings. The Morgan fingerprint density at radius 2 is 2.08 bits per heavy atom. The van der Waals surface area contributed by atoms with Gasteiger partial charge in [-0.2, -0.15) is 0 Å². The lowest BCUT2D eigenvalue weighted by Gasteiger charge is -2.13. The number of rotatable bonds is 5. The first-order valence-electron chi connectivity index (χ1n) is 4.88. The number of amides is 1. The molecule has 1 saturated heterocycles. The monoisotopic (exact) mass is 204 g/mol. The van der Waals surface area contributed by atoms with Crippen LogP contribution in [-0.4, -0.2) is 42.9 Å². The molecule has 76 valence electrons. The summed E-state index contributed by atoms with van der Waals surface area (Å²) in [7, 11) is 0. The molecule has 1 aliphatic heterocycles. The van der Waals surface area contributed by atoms with Crippen LogP contribution >= 0.6 is 11.6 Å². The van der Waals surface area contributed by atoms with Crippen molar-refractivity contribution >= 4 is 17.5 Å².